The fourth-order valence-corrected chi connectivity index (χ4v) is 10.8. The second-order valence-corrected chi connectivity index (χ2v) is 23.5. The first kappa shape index (κ1) is 40.6. The van der Waals surface area contributed by atoms with Crippen LogP contribution in [-0.4, -0.2) is 9.13 Å². The summed E-state index contributed by atoms with van der Waals surface area (Å²) in [5.41, 5.74) is 8.86. The van der Waals surface area contributed by atoms with Gasteiger partial charge in [0.2, 0.25) is 0 Å². The van der Waals surface area contributed by atoms with Crippen molar-refractivity contribution in [2.24, 2.45) is 0 Å². The van der Waals surface area contributed by atoms with E-state index in [1.54, 1.807) is 0 Å². The van der Waals surface area contributed by atoms with Crippen LogP contribution in [0.25, 0.3) is 43.6 Å². The molecule has 3 heterocycles. The Morgan fingerprint density at radius 2 is 0.750 bits per heavy atom. The van der Waals surface area contributed by atoms with Gasteiger partial charge in [0.1, 0.15) is 0 Å². The molecule has 0 saturated heterocycles. The summed E-state index contributed by atoms with van der Waals surface area (Å²) in [6.07, 6.45) is 0. The molecular formula is C53H58N2O3P2. The molecule has 0 fully saturated rings. The predicted molar refractivity (Wildman–Crippen MR) is 258 cm³/mol. The van der Waals surface area contributed by atoms with Gasteiger partial charge in [0.05, 0.1) is 50.2 Å². The molecule has 0 radical (unpaired) electrons. The molecule has 0 saturated carbocycles. The lowest BCUT2D eigenvalue weighted by atomic mass is 9.72. The van der Waals surface area contributed by atoms with Crippen molar-refractivity contribution < 1.29 is 13.8 Å². The number of hydrogen-bond donors (Lipinski definition) is 0. The summed E-state index contributed by atoms with van der Waals surface area (Å²) in [4.78, 5) is 0. The monoisotopic (exact) mass is 832 g/mol. The summed E-state index contributed by atoms with van der Waals surface area (Å²) in [5, 5.41) is 4.27. The highest BCUT2D eigenvalue weighted by atomic mass is 31.1. The zero-order valence-corrected chi connectivity index (χ0v) is 39.2. The minimum absolute atomic E-state index is 0.0944. The molecule has 0 spiro atoms. The Morgan fingerprint density at radius 3 is 1.05 bits per heavy atom. The Bertz CT molecular complexity index is 2670. The number of hydrogen-bond acceptors (Lipinski definition) is 3. The lowest BCUT2D eigenvalue weighted by Gasteiger charge is -2.39. The molecule has 7 heteroatoms. The summed E-state index contributed by atoms with van der Waals surface area (Å²) in [7, 11) is 0.189. The third kappa shape index (κ3) is 6.68. The van der Waals surface area contributed by atoms with E-state index in [2.05, 4.69) is 214 Å². The topological polar surface area (TPSA) is 37.5 Å². The van der Waals surface area contributed by atoms with Crippen LogP contribution in [0.4, 0.5) is 0 Å². The normalized spacial score (nSPS) is 14.8. The first-order chi connectivity index (χ1) is 28.3. The maximum Gasteiger partial charge on any atom is 0.173 e. The maximum absolute atomic E-state index is 7.25. The Morgan fingerprint density at radius 1 is 0.450 bits per heavy atom. The van der Waals surface area contributed by atoms with Crippen molar-refractivity contribution >= 4 is 61.2 Å². The zero-order valence-electron chi connectivity index (χ0n) is 37.2. The third-order valence-corrected chi connectivity index (χ3v) is 14.6. The molecule has 8 aromatic rings. The van der Waals surface area contributed by atoms with E-state index in [4.69, 9.17) is 13.8 Å². The van der Waals surface area contributed by atoms with E-state index in [0.29, 0.717) is 0 Å². The van der Waals surface area contributed by atoms with Crippen LogP contribution in [-0.2, 0) is 26.8 Å². The van der Waals surface area contributed by atoms with Crippen LogP contribution in [0.1, 0.15) is 105 Å². The third-order valence-electron chi connectivity index (χ3n) is 12.5. The first-order valence-electron chi connectivity index (χ1n) is 21.2. The fraction of sp³-hybridized carbons (Fsp3) is 0.321. The van der Waals surface area contributed by atoms with Gasteiger partial charge in [-0.25, -0.2) is 0 Å². The van der Waals surface area contributed by atoms with Crippen LogP contribution >= 0.6 is 17.6 Å². The summed E-state index contributed by atoms with van der Waals surface area (Å²) in [5.74, 6) is 3.07. The van der Waals surface area contributed by atoms with Crippen LogP contribution in [0.5, 0.6) is 23.0 Å². The molecule has 0 N–H and O–H groups in total. The smallest absolute Gasteiger partial charge is 0.173 e. The van der Waals surface area contributed by atoms with E-state index in [9.17, 15) is 0 Å². The van der Waals surface area contributed by atoms with Crippen molar-refractivity contribution in [3.05, 3.63) is 144 Å². The number of rotatable bonds is 8. The van der Waals surface area contributed by atoms with Gasteiger partial charge in [0, 0.05) is 38.1 Å². The van der Waals surface area contributed by atoms with E-state index >= 15 is 0 Å². The quantitative estimate of drug-likeness (QED) is 0.143. The van der Waals surface area contributed by atoms with Gasteiger partial charge in [-0.05, 0) is 86.1 Å². The Balaban J connectivity index is 1.14. The van der Waals surface area contributed by atoms with Crippen LogP contribution in [0.3, 0.4) is 0 Å². The number of aromatic nitrogens is 2. The molecule has 6 aromatic carbocycles. The van der Waals surface area contributed by atoms with Gasteiger partial charge < -0.3 is 22.9 Å². The van der Waals surface area contributed by atoms with E-state index < -0.39 is 5.41 Å². The van der Waals surface area contributed by atoms with E-state index in [-0.39, 0.29) is 39.0 Å². The average molecular weight is 833 g/mol. The molecule has 2 aromatic heterocycles. The van der Waals surface area contributed by atoms with Crippen molar-refractivity contribution in [3.63, 3.8) is 0 Å². The highest BCUT2D eigenvalue weighted by molar-refractivity contribution is 7.34. The van der Waals surface area contributed by atoms with Gasteiger partial charge in [-0.15, -0.1) is 0 Å². The molecule has 60 heavy (non-hydrogen) atoms. The summed E-state index contributed by atoms with van der Waals surface area (Å²) in [6, 6.07) is 43.9. The lowest BCUT2D eigenvalue weighted by Crippen LogP contribution is -2.28. The van der Waals surface area contributed by atoms with Crippen molar-refractivity contribution in [3.8, 4) is 23.0 Å². The van der Waals surface area contributed by atoms with Gasteiger partial charge in [-0.1, -0.05) is 140 Å². The minimum Gasteiger partial charge on any atom is -0.471 e. The number of benzene rings is 6. The van der Waals surface area contributed by atoms with Crippen LogP contribution in [0.15, 0.2) is 121 Å². The molecule has 1 aliphatic rings. The summed E-state index contributed by atoms with van der Waals surface area (Å²) < 4.78 is 26.4. The summed E-state index contributed by atoms with van der Waals surface area (Å²) >= 11 is 0. The molecule has 0 bridgehead atoms. The Kier molecular flexibility index (Phi) is 9.55. The van der Waals surface area contributed by atoms with Crippen molar-refractivity contribution in [1.82, 2.24) is 9.13 Å². The van der Waals surface area contributed by atoms with Crippen molar-refractivity contribution in [2.75, 3.05) is 0 Å². The number of ether oxygens (including phenoxy) is 1. The van der Waals surface area contributed by atoms with Gasteiger partial charge in [0.15, 0.2) is 23.0 Å². The number of fused-ring (bicyclic) bond motifs is 8. The largest absolute Gasteiger partial charge is 0.471 e. The van der Waals surface area contributed by atoms with Gasteiger partial charge in [0.25, 0.3) is 0 Å². The van der Waals surface area contributed by atoms with Crippen molar-refractivity contribution in [2.45, 2.75) is 110 Å². The van der Waals surface area contributed by atoms with E-state index in [1.807, 2.05) is 0 Å². The first-order valence-corrected chi connectivity index (χ1v) is 23.0. The van der Waals surface area contributed by atoms with Crippen LogP contribution < -0.4 is 13.8 Å². The second kappa shape index (κ2) is 14.1. The molecule has 308 valence electrons. The minimum atomic E-state index is -0.418. The molecular weight excluding hydrogens is 775 g/mol. The van der Waals surface area contributed by atoms with E-state index in [1.165, 1.54) is 54.7 Å². The SMILES string of the molecule is CC(C)(C)c1cc(OPC(C)(C)n2c3ccccc3c3ccccc32)c2c(c1)C(C)(C)c1cc(C(C)(C)C)cc(OPC(C)(C)n3c4ccccc4c4ccccc43)c1O2. The molecule has 0 amide bonds. The molecule has 2 atom stereocenters. The molecule has 9 rings (SSSR count). The molecule has 0 aliphatic carbocycles. The van der Waals surface area contributed by atoms with Crippen LogP contribution in [0.2, 0.25) is 0 Å². The summed E-state index contributed by atoms with van der Waals surface area (Å²) in [6.45, 7) is 27.4. The Hall–Kier alpha value is -4.82. The zero-order chi connectivity index (χ0) is 42.6. The number of para-hydroxylation sites is 4. The van der Waals surface area contributed by atoms with Crippen LogP contribution in [0, 0.1) is 0 Å². The van der Waals surface area contributed by atoms with Crippen molar-refractivity contribution in [1.29, 1.82) is 0 Å². The lowest BCUT2D eigenvalue weighted by molar-refractivity contribution is 0.380. The fourth-order valence-electron chi connectivity index (χ4n) is 9.11. The molecule has 5 nitrogen and oxygen atoms in total. The average Bonchev–Trinajstić information content (AvgIpc) is 3.73. The second-order valence-electron chi connectivity index (χ2n) is 20.2. The molecule has 2 unspecified atom stereocenters. The highest BCUT2D eigenvalue weighted by Crippen LogP contribution is 2.59. The van der Waals surface area contributed by atoms with Gasteiger partial charge in [-0.3, -0.25) is 0 Å². The van der Waals surface area contributed by atoms with Gasteiger partial charge >= 0.3 is 0 Å². The molecule has 1 aliphatic heterocycles. The van der Waals surface area contributed by atoms with E-state index in [0.717, 1.165) is 34.1 Å². The maximum atomic E-state index is 7.25. The highest BCUT2D eigenvalue weighted by Gasteiger charge is 2.41. The standard InChI is InChI=1S/C53H58N2O3P2/c1-49(2,3)33-29-39-47(45(31-33)57-59-52(9,10)54-41-25-17-13-21-35(41)36-22-14-18-26-42(36)54)56-48-40(51(39,7)8)30-34(50(4,5)6)32-46(48)58-60-53(11,12)55-43-27-19-15-23-37(43)38-24-16-20-28-44(38)55/h13-32,59-60H,1-12H3. The Labute approximate surface area is 359 Å². The van der Waals surface area contributed by atoms with Gasteiger partial charge in [-0.2, -0.15) is 0 Å². The number of nitrogens with zero attached hydrogens (tertiary/aromatic N) is 2. The predicted octanol–water partition coefficient (Wildman–Crippen LogP) is 15.7.